The Morgan fingerprint density at radius 1 is 1.23 bits per heavy atom. The zero-order valence-electron chi connectivity index (χ0n) is 17.8. The predicted octanol–water partition coefficient (Wildman–Crippen LogP) is 2.60. The Morgan fingerprint density at radius 3 is 2.58 bits per heavy atom. The minimum atomic E-state index is -3.88. The van der Waals surface area contributed by atoms with Crippen molar-refractivity contribution >= 4 is 33.5 Å². The minimum Gasteiger partial charge on any atom is -0.449 e. The topological polar surface area (TPSA) is 102 Å². The fourth-order valence-electron chi connectivity index (χ4n) is 3.87. The number of hydrogen-bond donors (Lipinski definition) is 1. The van der Waals surface area contributed by atoms with Gasteiger partial charge < -0.3 is 14.8 Å². The van der Waals surface area contributed by atoms with Crippen LogP contribution in [0.5, 0.6) is 0 Å². The molecule has 1 aromatic carbocycles. The van der Waals surface area contributed by atoms with Crippen LogP contribution >= 0.6 is 11.6 Å². The van der Waals surface area contributed by atoms with E-state index in [1.54, 1.807) is 0 Å². The number of rotatable bonds is 6. The summed E-state index contributed by atoms with van der Waals surface area (Å²) in [6, 6.07) is 4.00. The van der Waals surface area contributed by atoms with Gasteiger partial charge >= 0.3 is 5.97 Å². The molecule has 0 unspecified atom stereocenters. The summed E-state index contributed by atoms with van der Waals surface area (Å²) in [4.78, 5) is 24.9. The van der Waals surface area contributed by atoms with E-state index in [4.69, 9.17) is 21.1 Å². The van der Waals surface area contributed by atoms with Gasteiger partial charge in [0.2, 0.25) is 10.0 Å². The van der Waals surface area contributed by atoms with Crippen LogP contribution < -0.4 is 5.32 Å². The number of ether oxygens (including phenoxy) is 2. The lowest BCUT2D eigenvalue weighted by atomic mass is 9.86. The number of carbonyl (C=O) groups excluding carboxylic acids is 2. The second-order valence-electron chi connectivity index (χ2n) is 8.09. The lowest BCUT2D eigenvalue weighted by Gasteiger charge is -2.30. The van der Waals surface area contributed by atoms with Crippen LogP contribution in [0.1, 0.15) is 49.9 Å². The molecule has 1 saturated carbocycles. The largest absolute Gasteiger partial charge is 0.449 e. The third kappa shape index (κ3) is 5.77. The number of benzene rings is 1. The molecule has 0 radical (unpaired) electrons. The van der Waals surface area contributed by atoms with Gasteiger partial charge in [0.05, 0.1) is 23.8 Å². The Morgan fingerprint density at radius 2 is 1.90 bits per heavy atom. The number of esters is 1. The average molecular weight is 473 g/mol. The van der Waals surface area contributed by atoms with E-state index >= 15 is 0 Å². The quantitative estimate of drug-likeness (QED) is 0.638. The lowest BCUT2D eigenvalue weighted by molar-refractivity contribution is -0.130. The highest BCUT2D eigenvalue weighted by atomic mass is 35.5. The van der Waals surface area contributed by atoms with E-state index in [0.29, 0.717) is 19.1 Å². The molecule has 8 nitrogen and oxygen atoms in total. The molecule has 1 aliphatic heterocycles. The summed E-state index contributed by atoms with van der Waals surface area (Å²) < 4.78 is 37.6. The normalized spacial score (nSPS) is 23.7. The highest BCUT2D eigenvalue weighted by Gasteiger charge is 2.30. The number of carbonyl (C=O) groups is 2. The van der Waals surface area contributed by atoms with E-state index in [0.717, 1.165) is 25.7 Å². The maximum atomic E-state index is 12.9. The van der Waals surface area contributed by atoms with Crippen molar-refractivity contribution in [1.82, 2.24) is 9.62 Å². The van der Waals surface area contributed by atoms with Gasteiger partial charge in [-0.05, 0) is 43.9 Å². The number of amides is 1. The van der Waals surface area contributed by atoms with Crippen molar-refractivity contribution in [2.45, 2.75) is 56.6 Å². The molecule has 1 heterocycles. The van der Waals surface area contributed by atoms with Crippen LogP contribution in [0, 0.1) is 5.92 Å². The molecule has 10 heteroatoms. The molecule has 31 heavy (non-hydrogen) atoms. The number of hydrogen-bond acceptors (Lipinski definition) is 6. The Balaban J connectivity index is 1.68. The third-order valence-corrected chi connectivity index (χ3v) is 8.23. The monoisotopic (exact) mass is 472 g/mol. The number of nitrogens with one attached hydrogen (secondary N) is 1. The van der Waals surface area contributed by atoms with Gasteiger partial charge in [-0.25, -0.2) is 13.2 Å². The molecule has 1 saturated heterocycles. The molecule has 3 atom stereocenters. The predicted molar refractivity (Wildman–Crippen MR) is 115 cm³/mol. The molecular weight excluding hydrogens is 444 g/mol. The van der Waals surface area contributed by atoms with Gasteiger partial charge in [0, 0.05) is 19.1 Å². The van der Waals surface area contributed by atoms with Gasteiger partial charge in [-0.1, -0.05) is 31.4 Å². The van der Waals surface area contributed by atoms with E-state index < -0.39 is 22.1 Å². The van der Waals surface area contributed by atoms with Crippen LogP contribution in [0.2, 0.25) is 5.02 Å². The molecule has 1 aliphatic carbocycles. The fraction of sp³-hybridized carbons (Fsp3) is 0.619. The summed E-state index contributed by atoms with van der Waals surface area (Å²) in [7, 11) is -3.88. The van der Waals surface area contributed by atoms with E-state index in [-0.39, 0.29) is 40.5 Å². The number of nitrogens with zero attached hydrogens (tertiary/aromatic N) is 1. The molecule has 1 N–H and O–H groups in total. The highest BCUT2D eigenvalue weighted by molar-refractivity contribution is 7.89. The standard InChI is InChI=1S/C21H29ClN2O6S/c1-14-5-3-4-6-18(14)23-20(25)15(2)30-21(26)16-7-8-17(22)19(13-16)31(27,28)24-9-11-29-12-10-24/h7-8,13-15,18H,3-6,9-12H2,1-2H3,(H,23,25)/t14-,15+,18-/m0/s1. The van der Waals surface area contributed by atoms with Crippen molar-refractivity contribution in [2.75, 3.05) is 26.3 Å². The number of sulfonamides is 1. The molecule has 0 aromatic heterocycles. The molecule has 2 fully saturated rings. The first-order valence-corrected chi connectivity index (χ1v) is 12.4. The Kier molecular flexibility index (Phi) is 7.96. The summed E-state index contributed by atoms with van der Waals surface area (Å²) in [6.07, 6.45) is 3.19. The molecule has 1 amide bonds. The average Bonchev–Trinajstić information content (AvgIpc) is 2.76. The molecular formula is C21H29ClN2O6S. The van der Waals surface area contributed by atoms with Crippen molar-refractivity contribution in [3.8, 4) is 0 Å². The van der Waals surface area contributed by atoms with Crippen LogP contribution in [0.25, 0.3) is 0 Å². The van der Waals surface area contributed by atoms with Crippen LogP contribution in [-0.4, -0.2) is 63.0 Å². The first kappa shape index (κ1) is 24.0. The number of morpholine rings is 1. The molecule has 1 aromatic rings. The van der Waals surface area contributed by atoms with Crippen LogP contribution in [0.15, 0.2) is 23.1 Å². The Hall–Kier alpha value is -1.68. The smallest absolute Gasteiger partial charge is 0.338 e. The summed E-state index contributed by atoms with van der Waals surface area (Å²) >= 11 is 6.13. The minimum absolute atomic E-state index is 0.0140. The first-order valence-electron chi connectivity index (χ1n) is 10.6. The SMILES string of the molecule is C[C@@H](OC(=O)c1ccc(Cl)c(S(=O)(=O)N2CCOCC2)c1)C(=O)N[C@H]1CCCC[C@@H]1C. The summed E-state index contributed by atoms with van der Waals surface area (Å²) in [5, 5.41) is 2.98. The van der Waals surface area contributed by atoms with E-state index in [1.165, 1.54) is 29.4 Å². The van der Waals surface area contributed by atoms with Crippen LogP contribution in [-0.2, 0) is 24.3 Å². The fourth-order valence-corrected chi connectivity index (χ4v) is 5.78. The number of halogens is 1. The second-order valence-corrected chi connectivity index (χ2v) is 10.4. The first-order chi connectivity index (χ1) is 14.7. The molecule has 3 rings (SSSR count). The Bertz CT molecular complexity index is 916. The Labute approximate surface area is 188 Å². The summed E-state index contributed by atoms with van der Waals surface area (Å²) in [5.41, 5.74) is 0.0157. The van der Waals surface area contributed by atoms with E-state index in [9.17, 15) is 18.0 Å². The van der Waals surface area contributed by atoms with Gasteiger partial charge in [0.25, 0.3) is 5.91 Å². The van der Waals surface area contributed by atoms with E-state index in [1.807, 2.05) is 0 Å². The van der Waals surface area contributed by atoms with Crippen LogP contribution in [0.4, 0.5) is 0 Å². The van der Waals surface area contributed by atoms with Gasteiger partial charge in [-0.2, -0.15) is 4.31 Å². The second kappa shape index (κ2) is 10.3. The maximum Gasteiger partial charge on any atom is 0.338 e. The van der Waals surface area contributed by atoms with Crippen molar-refractivity contribution in [1.29, 1.82) is 0 Å². The lowest BCUT2D eigenvalue weighted by Crippen LogP contribution is -2.46. The molecule has 0 bridgehead atoms. The zero-order chi connectivity index (χ0) is 22.6. The zero-order valence-corrected chi connectivity index (χ0v) is 19.4. The van der Waals surface area contributed by atoms with Crippen molar-refractivity contribution in [2.24, 2.45) is 5.92 Å². The highest BCUT2D eigenvalue weighted by Crippen LogP contribution is 2.27. The maximum absolute atomic E-state index is 12.9. The molecule has 172 valence electrons. The van der Waals surface area contributed by atoms with Gasteiger partial charge in [0.15, 0.2) is 6.10 Å². The van der Waals surface area contributed by atoms with Crippen molar-refractivity contribution < 1.29 is 27.5 Å². The van der Waals surface area contributed by atoms with Crippen LogP contribution in [0.3, 0.4) is 0 Å². The third-order valence-electron chi connectivity index (χ3n) is 5.85. The van der Waals surface area contributed by atoms with Crippen molar-refractivity contribution in [3.05, 3.63) is 28.8 Å². The van der Waals surface area contributed by atoms with Gasteiger partial charge in [-0.15, -0.1) is 0 Å². The van der Waals surface area contributed by atoms with Gasteiger partial charge in [-0.3, -0.25) is 4.79 Å². The summed E-state index contributed by atoms with van der Waals surface area (Å²) in [5.74, 6) is -0.763. The van der Waals surface area contributed by atoms with Gasteiger partial charge in [0.1, 0.15) is 4.90 Å². The van der Waals surface area contributed by atoms with E-state index in [2.05, 4.69) is 12.2 Å². The van der Waals surface area contributed by atoms with Crippen molar-refractivity contribution in [3.63, 3.8) is 0 Å². The molecule has 2 aliphatic rings. The molecule has 0 spiro atoms. The summed E-state index contributed by atoms with van der Waals surface area (Å²) in [6.45, 7) is 4.62.